The number of hydrogen-bond donors (Lipinski definition) is 0. The summed E-state index contributed by atoms with van der Waals surface area (Å²) < 4.78 is 32.7. The zero-order valence-electron chi connectivity index (χ0n) is 20.3. The molecule has 1 amide bonds. The van der Waals surface area contributed by atoms with Crippen molar-refractivity contribution in [1.82, 2.24) is 9.97 Å². The summed E-state index contributed by atoms with van der Waals surface area (Å²) in [5, 5.41) is 3.38. The van der Waals surface area contributed by atoms with Crippen LogP contribution in [-0.4, -0.2) is 28.3 Å². The van der Waals surface area contributed by atoms with Crippen LogP contribution in [0.3, 0.4) is 0 Å². The van der Waals surface area contributed by atoms with Crippen molar-refractivity contribution in [2.24, 2.45) is 5.92 Å². The van der Waals surface area contributed by atoms with Crippen LogP contribution >= 0.6 is 11.3 Å². The van der Waals surface area contributed by atoms with Gasteiger partial charge in [-0.25, -0.2) is 18.7 Å². The van der Waals surface area contributed by atoms with Gasteiger partial charge in [-0.1, -0.05) is 18.6 Å². The van der Waals surface area contributed by atoms with E-state index < -0.39 is 11.8 Å². The molecule has 3 fully saturated rings. The largest absolute Gasteiger partial charge is 0.448 e. The van der Waals surface area contributed by atoms with Crippen LogP contribution in [0.5, 0.6) is 0 Å². The number of carbonyl (C=O) groups is 1. The van der Waals surface area contributed by atoms with Crippen LogP contribution in [0.25, 0.3) is 11.3 Å². The van der Waals surface area contributed by atoms with Crippen molar-refractivity contribution < 1.29 is 18.0 Å². The highest BCUT2D eigenvalue weighted by Crippen LogP contribution is 2.44. The average molecular weight is 512 g/mol. The highest BCUT2D eigenvalue weighted by Gasteiger charge is 2.49. The Balaban J connectivity index is 1.11. The molecule has 0 unspecified atom stereocenters. The predicted molar refractivity (Wildman–Crippen MR) is 136 cm³/mol. The molecular formula is C28H31F2N3O2S. The van der Waals surface area contributed by atoms with Crippen molar-refractivity contribution in [2.75, 3.05) is 11.4 Å². The maximum absolute atomic E-state index is 13.5. The second kappa shape index (κ2) is 9.69. The van der Waals surface area contributed by atoms with Crippen molar-refractivity contribution in [2.45, 2.75) is 82.0 Å². The number of rotatable bonds is 11. The summed E-state index contributed by atoms with van der Waals surface area (Å²) in [5.74, 6) is -1.67. The zero-order valence-corrected chi connectivity index (χ0v) is 21.1. The molecule has 3 aromatic rings. The van der Waals surface area contributed by atoms with Gasteiger partial charge in [-0.3, -0.25) is 4.79 Å². The smallest absolute Gasteiger partial charge is 0.249 e. The molecule has 5 nitrogen and oxygen atoms in total. The molecule has 0 radical (unpaired) electrons. The van der Waals surface area contributed by atoms with Gasteiger partial charge in [0.1, 0.15) is 12.0 Å². The van der Waals surface area contributed by atoms with Crippen molar-refractivity contribution in [3.63, 3.8) is 0 Å². The number of unbranched alkanes of at least 4 members (excludes halogenated alkanes) is 2. The molecule has 3 aliphatic rings. The highest BCUT2D eigenvalue weighted by atomic mass is 32.1. The van der Waals surface area contributed by atoms with Gasteiger partial charge in [-0.05, 0) is 57.1 Å². The number of alkyl halides is 2. The fraction of sp³-hybridized carbons (Fsp3) is 0.536. The number of hydrogen-bond acceptors (Lipinski definition) is 5. The summed E-state index contributed by atoms with van der Waals surface area (Å²) in [7, 11) is 0. The molecule has 1 aromatic carbocycles. The number of thiazole rings is 1. The van der Waals surface area contributed by atoms with Crippen LogP contribution < -0.4 is 4.90 Å². The molecule has 0 atom stereocenters. The molecule has 3 aliphatic carbocycles. The van der Waals surface area contributed by atoms with Gasteiger partial charge in [0.15, 0.2) is 5.89 Å². The predicted octanol–water partition coefficient (Wildman–Crippen LogP) is 7.34. The molecule has 2 heterocycles. The molecule has 6 rings (SSSR count). The minimum Gasteiger partial charge on any atom is -0.448 e. The van der Waals surface area contributed by atoms with E-state index in [0.717, 1.165) is 61.4 Å². The number of benzene rings is 1. The van der Waals surface area contributed by atoms with E-state index in [0.29, 0.717) is 18.4 Å². The van der Waals surface area contributed by atoms with Crippen LogP contribution in [-0.2, 0) is 11.2 Å². The van der Waals surface area contributed by atoms with E-state index in [2.05, 4.69) is 10.4 Å². The van der Waals surface area contributed by atoms with Crippen molar-refractivity contribution in [3.8, 4) is 11.3 Å². The molecule has 0 bridgehead atoms. The fourth-order valence-corrected chi connectivity index (χ4v) is 5.85. The number of carbonyl (C=O) groups excluding carboxylic acids is 1. The standard InChI is InChI=1S/C28H31F2N3O2S/c29-28(30)14-21(15-28)27(34)33(12-3-1-2-7-25-31-24(17-36-25)18-8-9-18)22-6-4-5-20(13-22)23-16-35-26(32-23)19-10-11-19/h4-6,13,16-19,21H,1-3,7-12,14-15H2. The van der Waals surface area contributed by atoms with Gasteiger partial charge in [0.2, 0.25) is 11.8 Å². The van der Waals surface area contributed by atoms with E-state index in [1.165, 1.54) is 23.5 Å². The fourth-order valence-electron chi connectivity index (χ4n) is 4.92. The molecule has 36 heavy (non-hydrogen) atoms. The molecule has 0 saturated heterocycles. The Morgan fingerprint density at radius 2 is 1.89 bits per heavy atom. The van der Waals surface area contributed by atoms with Crippen LogP contribution in [0.4, 0.5) is 14.5 Å². The van der Waals surface area contributed by atoms with E-state index in [9.17, 15) is 13.6 Å². The van der Waals surface area contributed by atoms with Crippen LogP contribution in [0.2, 0.25) is 0 Å². The van der Waals surface area contributed by atoms with Crippen LogP contribution in [0, 0.1) is 5.92 Å². The Morgan fingerprint density at radius 3 is 2.64 bits per heavy atom. The Bertz CT molecular complexity index is 1220. The first-order valence-electron chi connectivity index (χ1n) is 13.1. The SMILES string of the molecule is O=C(C1CC(F)(F)C1)N(CCCCCc1nc(C2CC2)cs1)c1cccc(-c2coc(C3CC3)n2)c1. The lowest BCUT2D eigenvalue weighted by Crippen LogP contribution is -2.47. The third-order valence-corrected chi connectivity index (χ3v) is 8.37. The van der Waals surface area contributed by atoms with E-state index in [4.69, 9.17) is 9.40 Å². The Morgan fingerprint density at radius 1 is 1.08 bits per heavy atom. The Labute approximate surface area is 213 Å². The maximum atomic E-state index is 13.5. The van der Waals surface area contributed by atoms with Crippen molar-refractivity contribution >= 4 is 22.9 Å². The molecule has 0 aliphatic heterocycles. The van der Waals surface area contributed by atoms with E-state index in [-0.39, 0.29) is 18.7 Å². The summed E-state index contributed by atoms with van der Waals surface area (Å²) in [5.41, 5.74) is 3.60. The van der Waals surface area contributed by atoms with Gasteiger partial charge in [-0.2, -0.15) is 0 Å². The summed E-state index contributed by atoms with van der Waals surface area (Å²) >= 11 is 1.74. The summed E-state index contributed by atoms with van der Waals surface area (Å²) in [6.45, 7) is 0.516. The summed E-state index contributed by atoms with van der Waals surface area (Å²) in [6, 6.07) is 7.65. The first-order chi connectivity index (χ1) is 17.4. The van der Waals surface area contributed by atoms with Crippen molar-refractivity contribution in [1.29, 1.82) is 0 Å². The monoisotopic (exact) mass is 511 g/mol. The molecule has 8 heteroatoms. The number of anilines is 1. The Kier molecular flexibility index (Phi) is 6.40. The number of nitrogens with zero attached hydrogens (tertiary/aromatic N) is 3. The van der Waals surface area contributed by atoms with Gasteiger partial charge < -0.3 is 9.32 Å². The van der Waals surface area contributed by atoms with Crippen molar-refractivity contribution in [3.05, 3.63) is 52.5 Å². The minimum atomic E-state index is -2.72. The average Bonchev–Trinajstić information content (AvgIpc) is 3.79. The second-order valence-electron chi connectivity index (χ2n) is 10.6. The lowest BCUT2D eigenvalue weighted by molar-refractivity contribution is -0.147. The summed E-state index contributed by atoms with van der Waals surface area (Å²) in [4.78, 5) is 24.4. The van der Waals surface area contributed by atoms with Gasteiger partial charge in [-0.15, -0.1) is 11.3 Å². The molecular weight excluding hydrogens is 480 g/mol. The van der Waals surface area contributed by atoms with Crippen LogP contribution in [0.1, 0.15) is 86.2 Å². The van der Waals surface area contributed by atoms with Crippen LogP contribution in [0.15, 0.2) is 40.3 Å². The van der Waals surface area contributed by atoms with Gasteiger partial charge in [0, 0.05) is 53.8 Å². The van der Waals surface area contributed by atoms with Gasteiger partial charge >= 0.3 is 0 Å². The number of amides is 1. The molecule has 0 N–H and O–H groups in total. The van der Waals surface area contributed by atoms with E-state index in [1.807, 2.05) is 24.3 Å². The van der Waals surface area contributed by atoms with Gasteiger partial charge in [0.25, 0.3) is 0 Å². The minimum absolute atomic E-state index is 0.203. The lowest BCUT2D eigenvalue weighted by Gasteiger charge is -2.37. The number of halogens is 2. The highest BCUT2D eigenvalue weighted by molar-refractivity contribution is 7.09. The quantitative estimate of drug-likeness (QED) is 0.253. The normalized spacial score (nSPS) is 19.3. The first kappa shape index (κ1) is 23.8. The third kappa shape index (κ3) is 5.38. The van der Waals surface area contributed by atoms with E-state index >= 15 is 0 Å². The first-order valence-corrected chi connectivity index (χ1v) is 14.0. The van der Waals surface area contributed by atoms with Gasteiger partial charge in [0.05, 0.1) is 10.7 Å². The molecule has 2 aromatic heterocycles. The lowest BCUT2D eigenvalue weighted by atomic mass is 9.80. The molecule has 0 spiro atoms. The number of aromatic nitrogens is 2. The Hall–Kier alpha value is -2.61. The molecule has 3 saturated carbocycles. The maximum Gasteiger partial charge on any atom is 0.249 e. The number of oxazole rings is 1. The van der Waals surface area contributed by atoms with E-state index in [1.54, 1.807) is 22.5 Å². The summed E-state index contributed by atoms with van der Waals surface area (Å²) in [6.07, 6.45) is 9.42. The molecule has 190 valence electrons. The topological polar surface area (TPSA) is 59.2 Å². The second-order valence-corrected chi connectivity index (χ2v) is 11.5. The zero-order chi connectivity index (χ0) is 24.7. The number of aryl methyl sites for hydroxylation is 1. The third-order valence-electron chi connectivity index (χ3n) is 7.44.